The number of hydrogen-bond acceptors (Lipinski definition) is 4. The lowest BCUT2D eigenvalue weighted by molar-refractivity contribution is -0.117. The lowest BCUT2D eigenvalue weighted by Crippen LogP contribution is -2.31. The van der Waals surface area contributed by atoms with Gasteiger partial charge in [-0.1, -0.05) is 0 Å². The van der Waals surface area contributed by atoms with Crippen LogP contribution in [0.25, 0.3) is 0 Å². The molecule has 0 unspecified atom stereocenters. The van der Waals surface area contributed by atoms with Crippen LogP contribution in [-0.2, 0) is 4.79 Å². The Morgan fingerprint density at radius 2 is 2.16 bits per heavy atom. The predicted molar refractivity (Wildman–Crippen MR) is 77.3 cm³/mol. The Balaban J connectivity index is 1.80. The maximum Gasteiger partial charge on any atom is 0.224 e. The molecular formula is C14H22N4O. The van der Waals surface area contributed by atoms with Gasteiger partial charge in [0.05, 0.1) is 11.9 Å². The first-order valence-electron chi connectivity index (χ1n) is 6.79. The molecule has 104 valence electrons. The molecule has 1 aromatic heterocycles. The summed E-state index contributed by atoms with van der Waals surface area (Å²) in [5.74, 6) is 1.41. The number of amides is 1. The van der Waals surface area contributed by atoms with E-state index in [4.69, 9.17) is 0 Å². The second-order valence-corrected chi connectivity index (χ2v) is 5.18. The molecule has 0 atom stereocenters. The van der Waals surface area contributed by atoms with Crippen LogP contribution < -0.4 is 10.6 Å². The Hall–Kier alpha value is -1.62. The van der Waals surface area contributed by atoms with Crippen molar-refractivity contribution in [3.8, 4) is 0 Å². The van der Waals surface area contributed by atoms with Crippen molar-refractivity contribution in [3.05, 3.63) is 18.3 Å². The maximum absolute atomic E-state index is 11.9. The van der Waals surface area contributed by atoms with Gasteiger partial charge in [-0.15, -0.1) is 0 Å². The standard InChI is InChI=1S/C14H22N4O/c1-15-13-4-3-12(10-16-13)17-14(19)9-11-5-7-18(2)8-6-11/h3-4,10-11H,5-9H2,1-2H3,(H,15,16)(H,17,19). The summed E-state index contributed by atoms with van der Waals surface area (Å²) in [6.45, 7) is 2.19. The Bertz CT molecular complexity index is 410. The van der Waals surface area contributed by atoms with Crippen LogP contribution in [0.2, 0.25) is 0 Å². The lowest BCUT2D eigenvalue weighted by Gasteiger charge is -2.28. The first-order chi connectivity index (χ1) is 9.17. The minimum Gasteiger partial charge on any atom is -0.373 e. The molecule has 0 bridgehead atoms. The molecule has 1 amide bonds. The van der Waals surface area contributed by atoms with E-state index in [1.165, 1.54) is 0 Å². The summed E-state index contributed by atoms with van der Waals surface area (Å²) in [5, 5.41) is 5.86. The molecule has 1 aromatic rings. The van der Waals surface area contributed by atoms with Crippen LogP contribution in [0.4, 0.5) is 11.5 Å². The number of aromatic nitrogens is 1. The highest BCUT2D eigenvalue weighted by Crippen LogP contribution is 2.20. The zero-order valence-corrected chi connectivity index (χ0v) is 11.6. The first kappa shape index (κ1) is 13.8. The summed E-state index contributed by atoms with van der Waals surface area (Å²) in [6.07, 6.45) is 4.52. The predicted octanol–water partition coefficient (Wildman–Crippen LogP) is 1.79. The summed E-state index contributed by atoms with van der Waals surface area (Å²) in [5.41, 5.74) is 0.761. The van der Waals surface area contributed by atoms with E-state index in [9.17, 15) is 4.79 Å². The molecule has 0 spiro atoms. The topological polar surface area (TPSA) is 57.3 Å². The monoisotopic (exact) mass is 262 g/mol. The third-order valence-corrected chi connectivity index (χ3v) is 3.62. The number of rotatable bonds is 4. The van der Waals surface area contributed by atoms with Gasteiger partial charge < -0.3 is 15.5 Å². The number of carbonyl (C=O) groups is 1. The van der Waals surface area contributed by atoms with Crippen molar-refractivity contribution in [2.75, 3.05) is 37.8 Å². The first-order valence-corrected chi connectivity index (χ1v) is 6.79. The molecule has 0 aromatic carbocycles. The highest BCUT2D eigenvalue weighted by atomic mass is 16.1. The molecule has 2 rings (SSSR count). The number of piperidine rings is 1. The summed E-state index contributed by atoms with van der Waals surface area (Å²) in [4.78, 5) is 18.4. The Morgan fingerprint density at radius 1 is 1.42 bits per heavy atom. The van der Waals surface area contributed by atoms with Gasteiger partial charge in [-0.3, -0.25) is 4.79 Å². The van der Waals surface area contributed by atoms with Crippen LogP contribution in [0.1, 0.15) is 19.3 Å². The van der Waals surface area contributed by atoms with E-state index >= 15 is 0 Å². The van der Waals surface area contributed by atoms with Gasteiger partial charge in [0.15, 0.2) is 0 Å². The molecule has 1 aliphatic rings. The third-order valence-electron chi connectivity index (χ3n) is 3.62. The number of anilines is 2. The summed E-state index contributed by atoms with van der Waals surface area (Å²) in [6, 6.07) is 3.72. The van der Waals surface area contributed by atoms with Gasteiger partial charge >= 0.3 is 0 Å². The SMILES string of the molecule is CNc1ccc(NC(=O)CC2CCN(C)CC2)cn1. The molecule has 19 heavy (non-hydrogen) atoms. The molecular weight excluding hydrogens is 240 g/mol. The average molecular weight is 262 g/mol. The van der Waals surface area contributed by atoms with Gasteiger partial charge in [0.25, 0.3) is 0 Å². The number of pyridine rings is 1. The number of nitrogens with zero attached hydrogens (tertiary/aromatic N) is 2. The lowest BCUT2D eigenvalue weighted by atomic mass is 9.93. The van der Waals surface area contributed by atoms with Gasteiger partial charge in [-0.2, -0.15) is 0 Å². The molecule has 1 saturated heterocycles. The van der Waals surface area contributed by atoms with E-state index in [1.807, 2.05) is 19.2 Å². The number of hydrogen-bond donors (Lipinski definition) is 2. The number of carbonyl (C=O) groups excluding carboxylic acids is 1. The third kappa shape index (κ3) is 4.21. The van der Waals surface area contributed by atoms with E-state index in [0.717, 1.165) is 37.4 Å². The fourth-order valence-corrected chi connectivity index (χ4v) is 2.36. The van der Waals surface area contributed by atoms with Gasteiger partial charge in [0.2, 0.25) is 5.91 Å². The highest BCUT2D eigenvalue weighted by molar-refractivity contribution is 5.90. The molecule has 1 aliphatic heterocycles. The Kier molecular flexibility index (Phi) is 4.74. The normalized spacial score (nSPS) is 17.2. The zero-order valence-electron chi connectivity index (χ0n) is 11.6. The fourth-order valence-electron chi connectivity index (χ4n) is 2.36. The molecule has 2 N–H and O–H groups in total. The molecule has 1 fully saturated rings. The smallest absolute Gasteiger partial charge is 0.224 e. The van der Waals surface area contributed by atoms with Gasteiger partial charge in [-0.25, -0.2) is 4.98 Å². The minimum absolute atomic E-state index is 0.0913. The summed E-state index contributed by atoms with van der Waals surface area (Å²) < 4.78 is 0. The second-order valence-electron chi connectivity index (χ2n) is 5.18. The molecule has 2 heterocycles. The maximum atomic E-state index is 11.9. The molecule has 5 heteroatoms. The van der Waals surface area contributed by atoms with Crippen LogP contribution in [0.5, 0.6) is 0 Å². The van der Waals surface area contributed by atoms with Crippen LogP contribution in [0.3, 0.4) is 0 Å². The van der Waals surface area contributed by atoms with Crippen molar-refractivity contribution in [1.82, 2.24) is 9.88 Å². The number of nitrogens with one attached hydrogen (secondary N) is 2. The van der Waals surface area contributed by atoms with E-state index in [1.54, 1.807) is 6.20 Å². The number of likely N-dealkylation sites (tertiary alicyclic amines) is 1. The van der Waals surface area contributed by atoms with Gasteiger partial charge in [0.1, 0.15) is 5.82 Å². The molecule has 0 radical (unpaired) electrons. The Morgan fingerprint density at radius 3 is 2.74 bits per heavy atom. The fraction of sp³-hybridized carbons (Fsp3) is 0.571. The van der Waals surface area contributed by atoms with Crippen molar-refractivity contribution in [1.29, 1.82) is 0 Å². The van der Waals surface area contributed by atoms with Crippen LogP contribution in [-0.4, -0.2) is 43.0 Å². The van der Waals surface area contributed by atoms with Crippen molar-refractivity contribution >= 4 is 17.4 Å². The summed E-state index contributed by atoms with van der Waals surface area (Å²) >= 11 is 0. The minimum atomic E-state index is 0.0913. The Labute approximate surface area is 114 Å². The van der Waals surface area contributed by atoms with Crippen LogP contribution in [0, 0.1) is 5.92 Å². The second kappa shape index (κ2) is 6.52. The average Bonchev–Trinajstić information content (AvgIpc) is 2.42. The zero-order chi connectivity index (χ0) is 13.7. The van der Waals surface area contributed by atoms with Gasteiger partial charge in [-0.05, 0) is 51.0 Å². The van der Waals surface area contributed by atoms with Crippen molar-refractivity contribution in [2.24, 2.45) is 5.92 Å². The van der Waals surface area contributed by atoms with Crippen LogP contribution >= 0.6 is 0 Å². The quantitative estimate of drug-likeness (QED) is 0.868. The van der Waals surface area contributed by atoms with Crippen molar-refractivity contribution < 1.29 is 4.79 Å². The van der Waals surface area contributed by atoms with E-state index < -0.39 is 0 Å². The molecule has 5 nitrogen and oxygen atoms in total. The van der Waals surface area contributed by atoms with Crippen molar-refractivity contribution in [2.45, 2.75) is 19.3 Å². The van der Waals surface area contributed by atoms with E-state index in [-0.39, 0.29) is 5.91 Å². The highest BCUT2D eigenvalue weighted by Gasteiger charge is 2.19. The van der Waals surface area contributed by atoms with E-state index in [2.05, 4.69) is 27.6 Å². The summed E-state index contributed by atoms with van der Waals surface area (Å²) in [7, 11) is 3.95. The van der Waals surface area contributed by atoms with Gasteiger partial charge in [0, 0.05) is 13.5 Å². The largest absolute Gasteiger partial charge is 0.373 e. The molecule has 0 aliphatic carbocycles. The van der Waals surface area contributed by atoms with Crippen molar-refractivity contribution in [3.63, 3.8) is 0 Å². The van der Waals surface area contributed by atoms with Crippen LogP contribution in [0.15, 0.2) is 18.3 Å². The molecule has 0 saturated carbocycles. The van der Waals surface area contributed by atoms with E-state index in [0.29, 0.717) is 12.3 Å².